The summed E-state index contributed by atoms with van der Waals surface area (Å²) in [5.41, 5.74) is 0. The molecule has 0 saturated heterocycles. The SMILES string of the molecule is CC(=O)C(=O)Oc1ccccc1.O.[NaH]. The van der Waals surface area contributed by atoms with Crippen LogP contribution in [0.1, 0.15) is 6.92 Å². The number of hydrogen-bond donors (Lipinski definition) is 0. The van der Waals surface area contributed by atoms with Gasteiger partial charge in [-0.2, -0.15) is 0 Å². The molecule has 1 aromatic carbocycles. The Labute approximate surface area is 104 Å². The molecule has 5 heteroatoms. The van der Waals surface area contributed by atoms with Gasteiger partial charge in [-0.05, 0) is 12.1 Å². The van der Waals surface area contributed by atoms with Crippen molar-refractivity contribution >= 4 is 41.3 Å². The van der Waals surface area contributed by atoms with Crippen LogP contribution in [0.5, 0.6) is 5.75 Å². The van der Waals surface area contributed by atoms with Crippen LogP contribution in [0, 0.1) is 0 Å². The molecule has 4 nitrogen and oxygen atoms in total. The third-order valence-corrected chi connectivity index (χ3v) is 1.24. The number of hydrogen-bond acceptors (Lipinski definition) is 3. The molecule has 0 heterocycles. The molecule has 0 bridgehead atoms. The van der Waals surface area contributed by atoms with Crippen molar-refractivity contribution in [3.63, 3.8) is 0 Å². The molecular weight excluding hydrogens is 195 g/mol. The average molecular weight is 206 g/mol. The molecule has 0 aliphatic rings. The maximum absolute atomic E-state index is 10.7. The Balaban J connectivity index is 0. The fourth-order valence-corrected chi connectivity index (χ4v) is 0.667. The van der Waals surface area contributed by atoms with Crippen molar-refractivity contribution in [1.29, 1.82) is 0 Å². The first-order valence-electron chi connectivity index (χ1n) is 3.48. The fourth-order valence-electron chi connectivity index (χ4n) is 0.667. The number of para-hydroxylation sites is 1. The third kappa shape index (κ3) is 5.14. The number of ether oxygens (including phenoxy) is 1. The molecule has 0 aliphatic carbocycles. The number of rotatable bonds is 2. The van der Waals surface area contributed by atoms with Gasteiger partial charge in [-0.3, -0.25) is 4.79 Å². The molecule has 0 aromatic heterocycles. The van der Waals surface area contributed by atoms with Crippen LogP contribution in [-0.4, -0.2) is 46.8 Å². The number of esters is 1. The summed E-state index contributed by atoms with van der Waals surface area (Å²) >= 11 is 0. The summed E-state index contributed by atoms with van der Waals surface area (Å²) in [6.07, 6.45) is 0. The summed E-state index contributed by atoms with van der Waals surface area (Å²) < 4.78 is 4.69. The second-order valence-electron chi connectivity index (χ2n) is 2.26. The Morgan fingerprint density at radius 2 is 1.64 bits per heavy atom. The second kappa shape index (κ2) is 7.70. The summed E-state index contributed by atoms with van der Waals surface area (Å²) in [7, 11) is 0. The molecule has 0 amide bonds. The van der Waals surface area contributed by atoms with Crippen molar-refractivity contribution < 1.29 is 19.8 Å². The zero-order valence-electron chi connectivity index (χ0n) is 7.11. The van der Waals surface area contributed by atoms with Gasteiger partial charge in [0.2, 0.25) is 5.78 Å². The van der Waals surface area contributed by atoms with Gasteiger partial charge in [-0.25, -0.2) is 4.79 Å². The van der Waals surface area contributed by atoms with Crippen LogP contribution in [-0.2, 0) is 9.59 Å². The monoisotopic (exact) mass is 206 g/mol. The predicted octanol–water partition coefficient (Wildman–Crippen LogP) is -0.292. The third-order valence-electron chi connectivity index (χ3n) is 1.24. The van der Waals surface area contributed by atoms with Crippen LogP contribution in [0.2, 0.25) is 0 Å². The number of carbonyl (C=O) groups excluding carboxylic acids is 2. The van der Waals surface area contributed by atoms with Crippen LogP contribution in [0.25, 0.3) is 0 Å². The Hall–Kier alpha value is -0.680. The fraction of sp³-hybridized carbons (Fsp3) is 0.111. The topological polar surface area (TPSA) is 74.9 Å². The predicted molar refractivity (Wildman–Crippen MR) is 53.5 cm³/mol. The minimum absolute atomic E-state index is 0. The van der Waals surface area contributed by atoms with E-state index in [1.54, 1.807) is 30.3 Å². The van der Waals surface area contributed by atoms with Crippen molar-refractivity contribution in [3.05, 3.63) is 30.3 Å². The van der Waals surface area contributed by atoms with E-state index in [0.29, 0.717) is 5.75 Å². The van der Waals surface area contributed by atoms with Crippen LogP contribution in [0.3, 0.4) is 0 Å². The van der Waals surface area contributed by atoms with Gasteiger partial charge in [-0.15, -0.1) is 0 Å². The Bertz CT molecular complexity index is 297. The molecule has 1 aromatic rings. The van der Waals surface area contributed by atoms with E-state index in [0.717, 1.165) is 0 Å². The van der Waals surface area contributed by atoms with Gasteiger partial charge in [0.15, 0.2) is 0 Å². The molecular formula is C9H11NaO4. The molecule has 0 saturated carbocycles. The second-order valence-corrected chi connectivity index (χ2v) is 2.26. The van der Waals surface area contributed by atoms with Crippen molar-refractivity contribution in [2.75, 3.05) is 0 Å². The first-order valence-corrected chi connectivity index (χ1v) is 3.48. The Morgan fingerprint density at radius 3 is 2.07 bits per heavy atom. The maximum atomic E-state index is 10.7. The molecule has 0 unspecified atom stereocenters. The number of Topliss-reactive ketones (excluding diaryl/α,β-unsaturated/α-hetero) is 1. The number of carbonyl (C=O) groups is 2. The zero-order chi connectivity index (χ0) is 8.97. The van der Waals surface area contributed by atoms with Gasteiger partial charge >= 0.3 is 35.5 Å². The van der Waals surface area contributed by atoms with Gasteiger partial charge in [0.05, 0.1) is 0 Å². The Morgan fingerprint density at radius 1 is 1.14 bits per heavy atom. The van der Waals surface area contributed by atoms with Crippen molar-refractivity contribution in [2.24, 2.45) is 0 Å². The molecule has 14 heavy (non-hydrogen) atoms. The normalized spacial score (nSPS) is 7.79. The first kappa shape index (κ1) is 15.8. The van der Waals surface area contributed by atoms with Gasteiger partial charge in [-0.1, -0.05) is 18.2 Å². The van der Waals surface area contributed by atoms with Crippen LogP contribution >= 0.6 is 0 Å². The quantitative estimate of drug-likeness (QED) is 0.289. The van der Waals surface area contributed by atoms with E-state index in [9.17, 15) is 9.59 Å². The van der Waals surface area contributed by atoms with Gasteiger partial charge < -0.3 is 10.2 Å². The number of benzene rings is 1. The van der Waals surface area contributed by atoms with E-state index in [2.05, 4.69) is 4.74 Å². The summed E-state index contributed by atoms with van der Waals surface area (Å²) in [4.78, 5) is 21.2. The van der Waals surface area contributed by atoms with E-state index in [4.69, 9.17) is 0 Å². The van der Waals surface area contributed by atoms with Gasteiger partial charge in [0, 0.05) is 6.92 Å². The zero-order valence-corrected chi connectivity index (χ0v) is 7.11. The summed E-state index contributed by atoms with van der Waals surface area (Å²) in [6.45, 7) is 1.17. The van der Waals surface area contributed by atoms with Gasteiger partial charge in [0.1, 0.15) is 5.75 Å². The van der Waals surface area contributed by atoms with Crippen molar-refractivity contribution in [3.8, 4) is 5.75 Å². The van der Waals surface area contributed by atoms with Crippen molar-refractivity contribution in [1.82, 2.24) is 0 Å². The summed E-state index contributed by atoms with van der Waals surface area (Å²) in [5, 5.41) is 0. The molecule has 1 rings (SSSR count). The van der Waals surface area contributed by atoms with E-state index < -0.39 is 11.8 Å². The van der Waals surface area contributed by atoms with E-state index in [1.807, 2.05) is 0 Å². The number of ketones is 1. The molecule has 0 atom stereocenters. The minimum atomic E-state index is -0.832. The van der Waals surface area contributed by atoms with Crippen LogP contribution in [0.4, 0.5) is 0 Å². The van der Waals surface area contributed by atoms with Crippen LogP contribution < -0.4 is 4.74 Å². The standard InChI is InChI=1S/C9H8O3.Na.H2O.H/c1-7(10)9(11)12-8-5-3-2-4-6-8;;;/h2-6H,1H3;;1H2;. The average Bonchev–Trinajstić information content (AvgIpc) is 2.06. The van der Waals surface area contributed by atoms with Crippen LogP contribution in [0.15, 0.2) is 30.3 Å². The van der Waals surface area contributed by atoms with E-state index >= 15 is 0 Å². The molecule has 72 valence electrons. The van der Waals surface area contributed by atoms with E-state index in [1.165, 1.54) is 6.92 Å². The molecule has 0 fully saturated rings. The Kier molecular flexibility index (Phi) is 8.68. The summed E-state index contributed by atoms with van der Waals surface area (Å²) in [6, 6.07) is 8.47. The van der Waals surface area contributed by atoms with Gasteiger partial charge in [0.25, 0.3) is 0 Å². The van der Waals surface area contributed by atoms with Crippen molar-refractivity contribution in [2.45, 2.75) is 6.92 Å². The molecule has 0 radical (unpaired) electrons. The van der Waals surface area contributed by atoms with E-state index in [-0.39, 0.29) is 35.0 Å². The molecule has 2 N–H and O–H groups in total. The molecule has 0 aliphatic heterocycles. The first-order chi connectivity index (χ1) is 5.70. The molecule has 0 spiro atoms. The summed E-state index contributed by atoms with van der Waals surface area (Å²) in [5.74, 6) is -1.04.